The van der Waals surface area contributed by atoms with Gasteiger partial charge in [-0.3, -0.25) is 4.79 Å². The number of aliphatic hydroxyl groups excluding tert-OH is 1. The van der Waals surface area contributed by atoms with Crippen molar-refractivity contribution in [3.05, 3.63) is 71.8 Å². The number of likely N-dealkylation sites (N-methyl/N-ethyl adjacent to an activating group) is 1. The lowest BCUT2D eigenvalue weighted by Gasteiger charge is -2.28. The number of hydrogen-bond donors (Lipinski definition) is 2. The quantitative estimate of drug-likeness (QED) is 0.583. The van der Waals surface area contributed by atoms with Crippen LogP contribution < -0.4 is 15.0 Å². The van der Waals surface area contributed by atoms with Crippen molar-refractivity contribution in [1.29, 1.82) is 0 Å². The first-order chi connectivity index (χ1) is 16.2. The highest BCUT2D eigenvalue weighted by Gasteiger charge is 2.32. The van der Waals surface area contributed by atoms with Gasteiger partial charge in [0.2, 0.25) is 5.82 Å². The number of ether oxygens (including phenoxy) is 1. The van der Waals surface area contributed by atoms with Crippen molar-refractivity contribution >= 4 is 11.6 Å². The summed E-state index contributed by atoms with van der Waals surface area (Å²) in [6.07, 6.45) is 0.506. The van der Waals surface area contributed by atoms with Gasteiger partial charge < -0.3 is 20.1 Å². The highest BCUT2D eigenvalue weighted by molar-refractivity contribution is 5.90. The fourth-order valence-corrected chi connectivity index (χ4v) is 3.53. The van der Waals surface area contributed by atoms with Crippen molar-refractivity contribution in [2.75, 3.05) is 18.6 Å². The van der Waals surface area contributed by atoms with Crippen LogP contribution in [0.2, 0.25) is 0 Å². The van der Waals surface area contributed by atoms with E-state index in [0.29, 0.717) is 18.0 Å². The molecule has 176 valence electrons. The molecule has 8 nitrogen and oxygen atoms in total. The van der Waals surface area contributed by atoms with Crippen LogP contribution in [0.5, 0.6) is 5.75 Å². The Hall–Kier alpha value is -3.83. The van der Waals surface area contributed by atoms with E-state index in [1.54, 1.807) is 16.6 Å². The van der Waals surface area contributed by atoms with Crippen molar-refractivity contribution in [3.63, 3.8) is 0 Å². The topological polar surface area (TPSA) is 92.5 Å². The van der Waals surface area contributed by atoms with E-state index in [0.717, 1.165) is 11.1 Å². The number of anilines is 1. The van der Waals surface area contributed by atoms with E-state index in [9.17, 15) is 9.90 Å². The van der Waals surface area contributed by atoms with Crippen LogP contribution in [0.4, 0.5) is 5.69 Å². The average Bonchev–Trinajstić information content (AvgIpc) is 3.24. The number of aliphatic hydroxyl groups is 1. The third-order valence-electron chi connectivity index (χ3n) is 5.34. The highest BCUT2D eigenvalue weighted by Crippen LogP contribution is 2.32. The summed E-state index contributed by atoms with van der Waals surface area (Å²) in [5.74, 6) is 6.56. The standard InChI is InChI=1S/C26H29N5O3/c1-26(2,3)13-12-18-10-11-22-21(14-18)30(4)25(33)20(16-34-22)28-24(32)23-27-17-31(29-23)15-19-8-6-5-7-9-19/h5-11,14,17,20,25,33H,15-16H2,1-4H3,(H,28,32). The van der Waals surface area contributed by atoms with Gasteiger partial charge in [0.05, 0.1) is 12.2 Å². The van der Waals surface area contributed by atoms with E-state index >= 15 is 0 Å². The molecule has 1 aliphatic heterocycles. The van der Waals surface area contributed by atoms with Gasteiger partial charge in [0, 0.05) is 18.0 Å². The Bertz CT molecular complexity index is 1220. The maximum Gasteiger partial charge on any atom is 0.291 e. The number of hydrogen-bond acceptors (Lipinski definition) is 6. The molecule has 4 rings (SSSR count). The monoisotopic (exact) mass is 459 g/mol. The Morgan fingerprint density at radius 1 is 1.24 bits per heavy atom. The van der Waals surface area contributed by atoms with Crippen molar-refractivity contribution < 1.29 is 14.6 Å². The van der Waals surface area contributed by atoms with Crippen LogP contribution in [0.3, 0.4) is 0 Å². The molecule has 2 heterocycles. The normalized spacial score (nSPS) is 17.6. The molecule has 0 aliphatic carbocycles. The van der Waals surface area contributed by atoms with Gasteiger partial charge in [0.1, 0.15) is 24.7 Å². The van der Waals surface area contributed by atoms with E-state index in [4.69, 9.17) is 4.74 Å². The summed E-state index contributed by atoms with van der Waals surface area (Å²) >= 11 is 0. The molecule has 0 spiro atoms. The lowest BCUT2D eigenvalue weighted by atomic mass is 9.97. The number of benzene rings is 2. The largest absolute Gasteiger partial charge is 0.489 e. The zero-order valence-corrected chi connectivity index (χ0v) is 19.8. The van der Waals surface area contributed by atoms with Gasteiger partial charge in [0.15, 0.2) is 6.23 Å². The van der Waals surface area contributed by atoms with Crippen LogP contribution in [0.1, 0.15) is 42.5 Å². The fourth-order valence-electron chi connectivity index (χ4n) is 3.53. The second-order valence-corrected chi connectivity index (χ2v) is 9.35. The number of amides is 1. The maximum absolute atomic E-state index is 12.8. The number of carbonyl (C=O) groups excluding carboxylic acids is 1. The molecule has 0 saturated carbocycles. The zero-order valence-electron chi connectivity index (χ0n) is 19.8. The Kier molecular flexibility index (Phi) is 6.57. The van der Waals surface area contributed by atoms with Crippen LogP contribution in [-0.4, -0.2) is 51.7 Å². The van der Waals surface area contributed by atoms with Gasteiger partial charge in [-0.2, -0.15) is 0 Å². The number of carbonyl (C=O) groups is 1. The Labute approximate surface area is 199 Å². The molecule has 1 amide bonds. The van der Waals surface area contributed by atoms with Crippen LogP contribution in [-0.2, 0) is 6.54 Å². The molecule has 34 heavy (non-hydrogen) atoms. The van der Waals surface area contributed by atoms with Crippen molar-refractivity contribution in [1.82, 2.24) is 20.1 Å². The summed E-state index contributed by atoms with van der Waals surface area (Å²) in [6.45, 7) is 6.76. The van der Waals surface area contributed by atoms with Gasteiger partial charge in [-0.25, -0.2) is 9.67 Å². The molecular formula is C26H29N5O3. The summed E-state index contributed by atoms with van der Waals surface area (Å²) in [6, 6.07) is 14.7. The first kappa shape index (κ1) is 23.3. The lowest BCUT2D eigenvalue weighted by Crippen LogP contribution is -2.52. The van der Waals surface area contributed by atoms with E-state index in [1.165, 1.54) is 6.33 Å². The molecule has 0 bridgehead atoms. The molecule has 1 aliphatic rings. The third-order valence-corrected chi connectivity index (χ3v) is 5.34. The van der Waals surface area contributed by atoms with Gasteiger partial charge >= 0.3 is 0 Å². The Morgan fingerprint density at radius 2 is 2.00 bits per heavy atom. The minimum Gasteiger partial charge on any atom is -0.489 e. The molecule has 2 atom stereocenters. The predicted octanol–water partition coefficient (Wildman–Crippen LogP) is 2.67. The number of aromatic nitrogens is 3. The predicted molar refractivity (Wildman–Crippen MR) is 130 cm³/mol. The fraction of sp³-hybridized carbons (Fsp3) is 0.346. The summed E-state index contributed by atoms with van der Waals surface area (Å²) in [4.78, 5) is 18.6. The second kappa shape index (κ2) is 9.57. The second-order valence-electron chi connectivity index (χ2n) is 9.35. The van der Waals surface area contributed by atoms with E-state index < -0.39 is 18.2 Å². The first-order valence-corrected chi connectivity index (χ1v) is 11.1. The molecule has 2 N–H and O–H groups in total. The molecule has 3 aromatic rings. The minimum atomic E-state index is -1.01. The maximum atomic E-state index is 12.8. The smallest absolute Gasteiger partial charge is 0.291 e. The lowest BCUT2D eigenvalue weighted by molar-refractivity contribution is 0.0762. The van der Waals surface area contributed by atoms with Crippen LogP contribution in [0.15, 0.2) is 54.9 Å². The molecule has 2 aromatic carbocycles. The van der Waals surface area contributed by atoms with E-state index in [1.807, 2.05) is 48.5 Å². The minimum absolute atomic E-state index is 0.0345. The molecule has 0 radical (unpaired) electrons. The summed E-state index contributed by atoms with van der Waals surface area (Å²) in [5.41, 5.74) is 2.46. The number of nitrogens with one attached hydrogen (secondary N) is 1. The SMILES string of the molecule is CN1c2cc(C#CC(C)(C)C)ccc2OCC(NC(=O)c2ncn(Cc3ccccc3)n2)C1O. The summed E-state index contributed by atoms with van der Waals surface area (Å²) < 4.78 is 7.52. The Morgan fingerprint density at radius 3 is 2.74 bits per heavy atom. The summed E-state index contributed by atoms with van der Waals surface area (Å²) in [5, 5.41) is 18.0. The number of fused-ring (bicyclic) bond motifs is 1. The molecule has 2 unspecified atom stereocenters. The first-order valence-electron chi connectivity index (χ1n) is 11.1. The van der Waals surface area contributed by atoms with Crippen molar-refractivity contribution in [3.8, 4) is 17.6 Å². The van der Waals surface area contributed by atoms with Crippen LogP contribution in [0, 0.1) is 17.3 Å². The van der Waals surface area contributed by atoms with Crippen molar-refractivity contribution in [2.24, 2.45) is 5.41 Å². The third kappa shape index (κ3) is 5.56. The van der Waals surface area contributed by atoms with Gasteiger partial charge in [-0.05, 0) is 44.5 Å². The Balaban J connectivity index is 1.45. The van der Waals surface area contributed by atoms with Gasteiger partial charge in [-0.1, -0.05) is 42.2 Å². The van der Waals surface area contributed by atoms with Crippen molar-refractivity contribution in [2.45, 2.75) is 39.6 Å². The molecule has 0 saturated heterocycles. The molecule has 1 aromatic heterocycles. The van der Waals surface area contributed by atoms with Gasteiger partial charge in [-0.15, -0.1) is 5.10 Å². The number of nitrogens with zero attached hydrogens (tertiary/aromatic N) is 4. The van der Waals surface area contributed by atoms with Crippen LogP contribution >= 0.6 is 0 Å². The molecule has 8 heteroatoms. The number of rotatable bonds is 4. The zero-order chi connectivity index (χ0) is 24.3. The van der Waals surface area contributed by atoms with Gasteiger partial charge in [0.25, 0.3) is 5.91 Å². The van der Waals surface area contributed by atoms with E-state index in [2.05, 4.69) is 48.0 Å². The van der Waals surface area contributed by atoms with E-state index in [-0.39, 0.29) is 17.8 Å². The summed E-state index contributed by atoms with van der Waals surface area (Å²) in [7, 11) is 1.76. The molecule has 0 fully saturated rings. The molecular weight excluding hydrogens is 430 g/mol. The average molecular weight is 460 g/mol. The highest BCUT2D eigenvalue weighted by atomic mass is 16.5. The van der Waals surface area contributed by atoms with Crippen LogP contribution in [0.25, 0.3) is 0 Å².